The number of hydrogen-bond acceptors (Lipinski definition) is 5. The molecule has 0 aliphatic carbocycles. The summed E-state index contributed by atoms with van der Waals surface area (Å²) in [6, 6.07) is 1.24. The van der Waals surface area contributed by atoms with E-state index in [9.17, 15) is 18.0 Å². The van der Waals surface area contributed by atoms with Gasteiger partial charge in [-0.2, -0.15) is 13.2 Å². The molecule has 4 nitrogen and oxygen atoms in total. The highest BCUT2D eigenvalue weighted by atomic mass is 32.2. The molecule has 0 atom stereocenters. The molecule has 0 N–H and O–H groups in total. The fraction of sp³-hybridized carbons (Fsp3) is 0.455. The molecule has 0 aliphatic rings. The van der Waals surface area contributed by atoms with Gasteiger partial charge in [0.05, 0.1) is 20.6 Å². The molecule has 0 aliphatic heterocycles. The molecular formula is C11H12F3NO3S. The minimum absolute atomic E-state index is 0.0248. The van der Waals surface area contributed by atoms with Crippen molar-refractivity contribution in [2.75, 3.05) is 20.0 Å². The first-order chi connectivity index (χ1) is 8.90. The van der Waals surface area contributed by atoms with E-state index in [1.54, 1.807) is 0 Å². The minimum atomic E-state index is -4.56. The predicted molar refractivity (Wildman–Crippen MR) is 63.1 cm³/mol. The fourth-order valence-electron chi connectivity index (χ4n) is 1.31. The van der Waals surface area contributed by atoms with E-state index in [0.29, 0.717) is 0 Å². The van der Waals surface area contributed by atoms with Crippen LogP contribution in [0.1, 0.15) is 12.0 Å². The molecule has 1 aromatic rings. The molecule has 8 heteroatoms. The number of carbonyl (C=O) groups is 1. The molecule has 1 rings (SSSR count). The second-order valence-electron chi connectivity index (χ2n) is 3.37. The molecule has 0 aromatic carbocycles. The average molecular weight is 295 g/mol. The Kier molecular flexibility index (Phi) is 5.46. The zero-order chi connectivity index (χ0) is 14.5. The van der Waals surface area contributed by atoms with Crippen molar-refractivity contribution in [3.05, 3.63) is 17.8 Å². The van der Waals surface area contributed by atoms with Gasteiger partial charge in [0.15, 0.2) is 0 Å². The topological polar surface area (TPSA) is 48.4 Å². The van der Waals surface area contributed by atoms with Crippen molar-refractivity contribution in [2.45, 2.75) is 17.5 Å². The van der Waals surface area contributed by atoms with Gasteiger partial charge in [0.2, 0.25) is 5.88 Å². The standard InChI is InChI=1S/C11H12F3NO3S/c1-17-8(16)4-6-19-7-3-5-15-10(18-2)9(7)11(12,13)14/h3,5H,4,6H2,1-2H3. The highest BCUT2D eigenvalue weighted by Gasteiger charge is 2.38. The van der Waals surface area contributed by atoms with Gasteiger partial charge in [0, 0.05) is 16.8 Å². The lowest BCUT2D eigenvalue weighted by Gasteiger charge is -2.14. The summed E-state index contributed by atoms with van der Waals surface area (Å²) in [7, 11) is 2.35. The highest BCUT2D eigenvalue weighted by Crippen LogP contribution is 2.41. The Bertz CT molecular complexity index is 451. The Morgan fingerprint density at radius 1 is 1.42 bits per heavy atom. The fourth-order valence-corrected chi connectivity index (χ4v) is 2.30. The van der Waals surface area contributed by atoms with E-state index >= 15 is 0 Å². The number of pyridine rings is 1. The molecule has 0 fully saturated rings. The van der Waals surface area contributed by atoms with Crippen LogP contribution in [0.4, 0.5) is 13.2 Å². The second kappa shape index (κ2) is 6.65. The second-order valence-corrected chi connectivity index (χ2v) is 4.50. The number of hydrogen-bond donors (Lipinski definition) is 0. The summed E-state index contributed by atoms with van der Waals surface area (Å²) in [6.07, 6.45) is -3.30. The number of thioether (sulfide) groups is 1. The molecule has 106 valence electrons. The van der Waals surface area contributed by atoms with Crippen molar-refractivity contribution in [1.82, 2.24) is 4.98 Å². The monoisotopic (exact) mass is 295 g/mol. The number of ether oxygens (including phenoxy) is 2. The molecule has 0 saturated heterocycles. The van der Waals surface area contributed by atoms with Gasteiger partial charge in [0.1, 0.15) is 5.56 Å². The maximum Gasteiger partial charge on any atom is 0.422 e. The Hall–Kier alpha value is -1.44. The van der Waals surface area contributed by atoms with Gasteiger partial charge in [-0.1, -0.05) is 0 Å². The summed E-state index contributed by atoms with van der Waals surface area (Å²) < 4.78 is 47.8. The zero-order valence-electron chi connectivity index (χ0n) is 10.3. The Labute approximate surface area is 112 Å². The first kappa shape index (κ1) is 15.6. The normalized spacial score (nSPS) is 11.2. The molecule has 0 radical (unpaired) electrons. The van der Waals surface area contributed by atoms with Gasteiger partial charge in [0.25, 0.3) is 0 Å². The Balaban J connectivity index is 2.91. The zero-order valence-corrected chi connectivity index (χ0v) is 11.1. The van der Waals surface area contributed by atoms with Crippen LogP contribution in [-0.2, 0) is 15.7 Å². The molecule has 0 unspecified atom stereocenters. The van der Waals surface area contributed by atoms with Crippen LogP contribution in [0.5, 0.6) is 5.88 Å². The van der Waals surface area contributed by atoms with E-state index in [-0.39, 0.29) is 17.1 Å². The third-order valence-corrected chi connectivity index (χ3v) is 3.21. The van der Waals surface area contributed by atoms with Gasteiger partial charge >= 0.3 is 12.1 Å². The lowest BCUT2D eigenvalue weighted by molar-refractivity contribution is -0.141. The summed E-state index contributed by atoms with van der Waals surface area (Å²) in [5.74, 6) is -0.763. The molecule has 1 heterocycles. The van der Waals surface area contributed by atoms with Gasteiger partial charge in [-0.3, -0.25) is 4.79 Å². The summed E-state index contributed by atoms with van der Waals surface area (Å²) in [4.78, 5) is 14.4. The minimum Gasteiger partial charge on any atom is -0.481 e. The van der Waals surface area contributed by atoms with Crippen molar-refractivity contribution < 1.29 is 27.4 Å². The van der Waals surface area contributed by atoms with E-state index in [4.69, 9.17) is 0 Å². The maximum atomic E-state index is 12.9. The summed E-state index contributed by atoms with van der Waals surface area (Å²) >= 11 is 0.906. The van der Waals surface area contributed by atoms with Gasteiger partial charge in [-0.05, 0) is 6.07 Å². The van der Waals surface area contributed by atoms with Gasteiger partial charge < -0.3 is 9.47 Å². The number of alkyl halides is 3. The maximum absolute atomic E-state index is 12.9. The van der Waals surface area contributed by atoms with E-state index in [2.05, 4.69) is 14.5 Å². The lowest BCUT2D eigenvalue weighted by Crippen LogP contribution is -2.11. The number of nitrogens with zero attached hydrogens (tertiary/aromatic N) is 1. The smallest absolute Gasteiger partial charge is 0.422 e. The van der Waals surface area contributed by atoms with Gasteiger partial charge in [-0.25, -0.2) is 4.98 Å². The van der Waals surface area contributed by atoms with Crippen LogP contribution in [0.2, 0.25) is 0 Å². The number of rotatable bonds is 5. The van der Waals surface area contributed by atoms with Crippen LogP contribution in [0.3, 0.4) is 0 Å². The van der Waals surface area contributed by atoms with Crippen molar-refractivity contribution in [2.24, 2.45) is 0 Å². The van der Waals surface area contributed by atoms with Crippen LogP contribution in [0, 0.1) is 0 Å². The molecular weight excluding hydrogens is 283 g/mol. The molecule has 1 aromatic heterocycles. The molecule has 0 bridgehead atoms. The van der Waals surface area contributed by atoms with Crippen molar-refractivity contribution >= 4 is 17.7 Å². The summed E-state index contributed by atoms with van der Waals surface area (Å²) in [6.45, 7) is 0. The summed E-state index contributed by atoms with van der Waals surface area (Å²) in [5.41, 5.74) is -0.924. The van der Waals surface area contributed by atoms with Crippen LogP contribution in [0.15, 0.2) is 17.2 Å². The molecule has 0 amide bonds. The Morgan fingerprint density at radius 3 is 2.63 bits per heavy atom. The van der Waals surface area contributed by atoms with Crippen LogP contribution < -0.4 is 4.74 Å². The van der Waals surface area contributed by atoms with Crippen LogP contribution >= 0.6 is 11.8 Å². The van der Waals surface area contributed by atoms with Crippen molar-refractivity contribution in [3.8, 4) is 5.88 Å². The van der Waals surface area contributed by atoms with E-state index < -0.39 is 23.6 Å². The highest BCUT2D eigenvalue weighted by molar-refractivity contribution is 7.99. The van der Waals surface area contributed by atoms with Crippen molar-refractivity contribution in [1.29, 1.82) is 0 Å². The van der Waals surface area contributed by atoms with E-state index in [0.717, 1.165) is 18.9 Å². The quantitative estimate of drug-likeness (QED) is 0.617. The third kappa shape index (κ3) is 4.30. The largest absolute Gasteiger partial charge is 0.481 e. The summed E-state index contributed by atoms with van der Waals surface area (Å²) in [5, 5.41) is 0. The third-order valence-electron chi connectivity index (χ3n) is 2.15. The van der Waals surface area contributed by atoms with Gasteiger partial charge in [-0.15, -0.1) is 11.8 Å². The van der Waals surface area contributed by atoms with E-state index in [1.165, 1.54) is 19.4 Å². The predicted octanol–water partition coefficient (Wildman–Crippen LogP) is 2.76. The lowest BCUT2D eigenvalue weighted by atomic mass is 10.2. The van der Waals surface area contributed by atoms with E-state index in [1.807, 2.05) is 0 Å². The molecule has 19 heavy (non-hydrogen) atoms. The first-order valence-electron chi connectivity index (χ1n) is 5.20. The number of halogens is 3. The number of methoxy groups -OCH3 is 2. The van der Waals surface area contributed by atoms with Crippen molar-refractivity contribution in [3.63, 3.8) is 0 Å². The van der Waals surface area contributed by atoms with Crippen LogP contribution in [-0.4, -0.2) is 30.9 Å². The Morgan fingerprint density at radius 2 is 2.11 bits per heavy atom. The SMILES string of the molecule is COC(=O)CCSc1ccnc(OC)c1C(F)(F)F. The number of esters is 1. The molecule has 0 saturated carbocycles. The molecule has 0 spiro atoms. The average Bonchev–Trinajstić information content (AvgIpc) is 2.36. The number of carbonyl (C=O) groups excluding carboxylic acids is 1. The first-order valence-corrected chi connectivity index (χ1v) is 6.18. The number of aromatic nitrogens is 1. The van der Waals surface area contributed by atoms with Crippen LogP contribution in [0.25, 0.3) is 0 Å².